The first kappa shape index (κ1) is 81.4. The van der Waals surface area contributed by atoms with E-state index in [1.807, 2.05) is 6.08 Å². The zero-order valence-electron chi connectivity index (χ0n) is 56.4. The van der Waals surface area contributed by atoms with Crippen LogP contribution in [0.15, 0.2) is 36.5 Å². The van der Waals surface area contributed by atoms with Crippen LogP contribution >= 0.6 is 0 Å². The Morgan fingerprint density at radius 2 is 0.671 bits per heavy atom. The van der Waals surface area contributed by atoms with Crippen LogP contribution in [0.3, 0.4) is 0 Å². The Balaban J connectivity index is 2.09. The monoisotopic (exact) mass is 1200 g/mol. The van der Waals surface area contributed by atoms with Gasteiger partial charge in [0.2, 0.25) is 5.91 Å². The molecular weight excluding hydrogens is 1050 g/mol. The van der Waals surface area contributed by atoms with Crippen LogP contribution in [-0.2, 0) is 14.3 Å². The standard InChI is InChI=1S/C76H145NO8/c1-3-5-7-9-11-13-15-17-19-21-23-25-27-29-30-31-32-33-34-35-36-37-38-39-40-42-44-46-48-50-52-54-56-58-60-62-64-66-72(80)77-69(68-84-76-75(83)74(82)73(81)71(67-78)85-76)70(79)65-63-61-59-57-55-53-51-49-47-45-43-41-28-26-24-22-20-18-16-14-12-10-8-6-4-2/h33-34,55,57,63,65,69-71,73-76,78-79,81-83H,3-32,35-54,56,58-62,64,66-68H2,1-2H3,(H,77,80)/b34-33-,57-55+,65-63+. The van der Waals surface area contributed by atoms with Crippen molar-refractivity contribution >= 4 is 5.91 Å². The van der Waals surface area contributed by atoms with Crippen molar-refractivity contribution in [3.05, 3.63) is 36.5 Å². The zero-order chi connectivity index (χ0) is 61.4. The van der Waals surface area contributed by atoms with Gasteiger partial charge >= 0.3 is 0 Å². The molecule has 502 valence electrons. The molecule has 0 saturated carbocycles. The van der Waals surface area contributed by atoms with Crippen LogP contribution in [0.4, 0.5) is 0 Å². The maximum atomic E-state index is 13.1. The Morgan fingerprint density at radius 3 is 0.988 bits per heavy atom. The number of carbonyl (C=O) groups is 1. The van der Waals surface area contributed by atoms with Gasteiger partial charge in [0.1, 0.15) is 24.4 Å². The average molecular weight is 1200 g/mol. The first-order valence-corrected chi connectivity index (χ1v) is 37.7. The number of aliphatic hydroxyl groups is 5. The van der Waals surface area contributed by atoms with Crippen molar-refractivity contribution in [2.75, 3.05) is 13.2 Å². The van der Waals surface area contributed by atoms with E-state index in [4.69, 9.17) is 9.47 Å². The van der Waals surface area contributed by atoms with E-state index in [-0.39, 0.29) is 12.5 Å². The maximum Gasteiger partial charge on any atom is 0.220 e. The van der Waals surface area contributed by atoms with Gasteiger partial charge in [0.25, 0.3) is 0 Å². The molecule has 9 nitrogen and oxygen atoms in total. The number of ether oxygens (including phenoxy) is 2. The van der Waals surface area contributed by atoms with Crippen molar-refractivity contribution in [3.63, 3.8) is 0 Å². The maximum absolute atomic E-state index is 13.1. The number of nitrogens with one attached hydrogen (secondary N) is 1. The lowest BCUT2D eigenvalue weighted by Gasteiger charge is -2.40. The van der Waals surface area contributed by atoms with E-state index in [0.29, 0.717) is 6.42 Å². The third kappa shape index (κ3) is 53.9. The first-order chi connectivity index (χ1) is 41.8. The summed E-state index contributed by atoms with van der Waals surface area (Å²) in [7, 11) is 0. The highest BCUT2D eigenvalue weighted by molar-refractivity contribution is 5.76. The number of allylic oxidation sites excluding steroid dienone is 5. The normalized spacial score (nSPS) is 18.2. The molecule has 7 unspecified atom stereocenters. The molecule has 1 fully saturated rings. The molecule has 6 N–H and O–H groups in total. The summed E-state index contributed by atoms with van der Waals surface area (Å²) in [6.07, 6.45) is 81.4. The summed E-state index contributed by atoms with van der Waals surface area (Å²) in [5.74, 6) is -0.179. The minimum Gasteiger partial charge on any atom is -0.394 e. The number of unbranched alkanes of at least 4 members (excludes halogenated alkanes) is 53. The van der Waals surface area contributed by atoms with Gasteiger partial charge in [0, 0.05) is 6.42 Å². The van der Waals surface area contributed by atoms with Crippen LogP contribution in [0.1, 0.15) is 386 Å². The molecular formula is C76H145NO8. The highest BCUT2D eigenvalue weighted by atomic mass is 16.7. The fourth-order valence-electron chi connectivity index (χ4n) is 12.3. The largest absolute Gasteiger partial charge is 0.394 e. The second kappa shape index (κ2) is 65.4. The Hall–Kier alpha value is -1.59. The molecule has 1 aliphatic heterocycles. The molecule has 1 rings (SSSR count). The van der Waals surface area contributed by atoms with Crippen LogP contribution in [-0.4, -0.2) is 87.5 Å². The molecule has 85 heavy (non-hydrogen) atoms. The predicted octanol–water partition coefficient (Wildman–Crippen LogP) is 21.0. The number of amides is 1. The fourth-order valence-corrected chi connectivity index (χ4v) is 12.3. The van der Waals surface area contributed by atoms with Crippen molar-refractivity contribution in [3.8, 4) is 0 Å². The molecule has 0 radical (unpaired) electrons. The topological polar surface area (TPSA) is 149 Å². The zero-order valence-corrected chi connectivity index (χ0v) is 56.4. The fraction of sp³-hybridized carbons (Fsp3) is 0.908. The van der Waals surface area contributed by atoms with Crippen molar-refractivity contribution in [1.29, 1.82) is 0 Å². The van der Waals surface area contributed by atoms with E-state index in [1.165, 1.54) is 327 Å². The minimum absolute atomic E-state index is 0.179. The van der Waals surface area contributed by atoms with Crippen molar-refractivity contribution in [2.45, 2.75) is 429 Å². The van der Waals surface area contributed by atoms with E-state index >= 15 is 0 Å². The number of aliphatic hydroxyl groups excluding tert-OH is 5. The van der Waals surface area contributed by atoms with E-state index in [0.717, 1.165) is 38.5 Å². The molecule has 1 amide bonds. The summed E-state index contributed by atoms with van der Waals surface area (Å²) in [6.45, 7) is 3.83. The first-order valence-electron chi connectivity index (χ1n) is 37.7. The quantitative estimate of drug-likeness (QED) is 0.0261. The Bertz CT molecular complexity index is 1440. The van der Waals surface area contributed by atoms with Crippen molar-refractivity contribution in [2.24, 2.45) is 0 Å². The number of hydrogen-bond donors (Lipinski definition) is 6. The van der Waals surface area contributed by atoms with Gasteiger partial charge in [-0.3, -0.25) is 4.79 Å². The summed E-state index contributed by atoms with van der Waals surface area (Å²) < 4.78 is 11.3. The smallest absolute Gasteiger partial charge is 0.220 e. The number of hydrogen-bond acceptors (Lipinski definition) is 8. The average Bonchev–Trinajstić information content (AvgIpc) is 3.57. The molecule has 0 spiro atoms. The lowest BCUT2D eigenvalue weighted by Crippen LogP contribution is -2.60. The van der Waals surface area contributed by atoms with Crippen LogP contribution in [0.2, 0.25) is 0 Å². The van der Waals surface area contributed by atoms with Crippen molar-refractivity contribution in [1.82, 2.24) is 5.32 Å². The Morgan fingerprint density at radius 1 is 0.388 bits per heavy atom. The Labute approximate surface area is 527 Å². The molecule has 0 aromatic heterocycles. The van der Waals surface area contributed by atoms with Crippen molar-refractivity contribution < 1.29 is 39.8 Å². The van der Waals surface area contributed by atoms with Gasteiger partial charge < -0.3 is 40.3 Å². The highest BCUT2D eigenvalue weighted by Crippen LogP contribution is 2.24. The molecule has 0 aliphatic carbocycles. The second-order valence-corrected chi connectivity index (χ2v) is 26.4. The lowest BCUT2D eigenvalue weighted by atomic mass is 9.99. The van der Waals surface area contributed by atoms with E-state index in [1.54, 1.807) is 6.08 Å². The molecule has 0 aromatic carbocycles. The molecule has 0 aromatic rings. The van der Waals surface area contributed by atoms with E-state index in [9.17, 15) is 30.3 Å². The van der Waals surface area contributed by atoms with Crippen LogP contribution < -0.4 is 5.32 Å². The number of carbonyl (C=O) groups excluding carboxylic acids is 1. The van der Waals surface area contributed by atoms with E-state index in [2.05, 4.69) is 43.5 Å². The van der Waals surface area contributed by atoms with Gasteiger partial charge in [-0.2, -0.15) is 0 Å². The van der Waals surface area contributed by atoms with Crippen LogP contribution in [0.5, 0.6) is 0 Å². The van der Waals surface area contributed by atoms with Gasteiger partial charge in [-0.05, 0) is 57.8 Å². The van der Waals surface area contributed by atoms with Crippen LogP contribution in [0.25, 0.3) is 0 Å². The third-order valence-electron chi connectivity index (χ3n) is 18.2. The minimum atomic E-state index is -1.57. The molecule has 1 heterocycles. The molecule has 1 aliphatic rings. The summed E-state index contributed by atoms with van der Waals surface area (Å²) in [5, 5.41) is 54.8. The van der Waals surface area contributed by atoms with E-state index < -0.39 is 49.5 Å². The van der Waals surface area contributed by atoms with Gasteiger partial charge in [-0.25, -0.2) is 0 Å². The van der Waals surface area contributed by atoms with Gasteiger partial charge in [0.15, 0.2) is 6.29 Å². The molecule has 7 atom stereocenters. The summed E-state index contributed by atoms with van der Waals surface area (Å²) >= 11 is 0. The predicted molar refractivity (Wildman–Crippen MR) is 364 cm³/mol. The molecule has 9 heteroatoms. The third-order valence-corrected chi connectivity index (χ3v) is 18.2. The number of rotatable bonds is 67. The SMILES string of the molecule is CCCCCCCCCCCCCCCCCC/C=C\CCCCCCCCCCCCCCCCCCCC(=O)NC(COC1OC(CO)C(O)C(O)C1O)C(O)/C=C/CC/C=C/CCCCCCCCCCCCCCCCCCCCC. The lowest BCUT2D eigenvalue weighted by molar-refractivity contribution is -0.302. The van der Waals surface area contributed by atoms with Gasteiger partial charge in [-0.1, -0.05) is 359 Å². The highest BCUT2D eigenvalue weighted by Gasteiger charge is 2.44. The van der Waals surface area contributed by atoms with Crippen LogP contribution in [0, 0.1) is 0 Å². The molecule has 1 saturated heterocycles. The summed E-state index contributed by atoms with van der Waals surface area (Å²) in [4.78, 5) is 13.1. The summed E-state index contributed by atoms with van der Waals surface area (Å²) in [5.41, 5.74) is 0. The second-order valence-electron chi connectivity index (χ2n) is 26.4. The van der Waals surface area contributed by atoms with Gasteiger partial charge in [0.05, 0.1) is 25.4 Å². The molecule has 0 bridgehead atoms. The summed E-state index contributed by atoms with van der Waals surface area (Å²) in [6, 6.07) is -0.822. The Kier molecular flexibility index (Phi) is 62.6. The van der Waals surface area contributed by atoms with Gasteiger partial charge in [-0.15, -0.1) is 0 Å².